The second-order valence-electron chi connectivity index (χ2n) is 4.57. The Hall–Kier alpha value is -1.84. The quantitative estimate of drug-likeness (QED) is 0.812. The summed E-state index contributed by atoms with van der Waals surface area (Å²) < 4.78 is 0. The van der Waals surface area contributed by atoms with Gasteiger partial charge >= 0.3 is 0 Å². The van der Waals surface area contributed by atoms with Crippen molar-refractivity contribution in [2.24, 2.45) is 0 Å². The van der Waals surface area contributed by atoms with Crippen LogP contribution in [0.15, 0.2) is 30.3 Å². The van der Waals surface area contributed by atoms with Crippen LogP contribution in [0.3, 0.4) is 0 Å². The molecule has 2 heterocycles. The van der Waals surface area contributed by atoms with Crippen LogP contribution in [0.5, 0.6) is 0 Å². The first-order valence-corrected chi connectivity index (χ1v) is 5.91. The largest absolute Gasteiger partial charge is 0.334 e. The van der Waals surface area contributed by atoms with Crippen molar-refractivity contribution < 1.29 is 9.59 Å². The molecular formula is C13H14N2O2. The zero-order valence-corrected chi connectivity index (χ0v) is 9.43. The van der Waals surface area contributed by atoms with Gasteiger partial charge in [-0.15, -0.1) is 0 Å². The van der Waals surface area contributed by atoms with Crippen LogP contribution in [-0.4, -0.2) is 28.9 Å². The number of amides is 2. The van der Waals surface area contributed by atoms with Crippen LogP contribution in [0.2, 0.25) is 0 Å². The average molecular weight is 230 g/mol. The molecule has 4 heteroatoms. The van der Waals surface area contributed by atoms with E-state index in [2.05, 4.69) is 5.32 Å². The van der Waals surface area contributed by atoms with Gasteiger partial charge in [-0.25, -0.2) is 0 Å². The molecule has 0 spiro atoms. The summed E-state index contributed by atoms with van der Waals surface area (Å²) in [6.45, 7) is 0. The molecule has 1 N–H and O–H groups in total. The maximum absolute atomic E-state index is 11.8. The van der Waals surface area contributed by atoms with E-state index >= 15 is 0 Å². The van der Waals surface area contributed by atoms with E-state index in [1.54, 1.807) is 4.90 Å². The molecule has 2 aliphatic heterocycles. The first-order chi connectivity index (χ1) is 8.25. The zero-order chi connectivity index (χ0) is 11.8. The monoisotopic (exact) mass is 230 g/mol. The van der Waals surface area contributed by atoms with E-state index in [0.717, 1.165) is 12.0 Å². The first-order valence-electron chi connectivity index (χ1n) is 5.91. The molecule has 3 rings (SSSR count). The van der Waals surface area contributed by atoms with E-state index in [-0.39, 0.29) is 24.0 Å². The normalized spacial score (nSPS) is 27.2. The number of hydrogen-bond donors (Lipinski definition) is 1. The number of nitrogens with one attached hydrogen (secondary N) is 1. The van der Waals surface area contributed by atoms with Crippen molar-refractivity contribution >= 4 is 11.8 Å². The van der Waals surface area contributed by atoms with Gasteiger partial charge in [-0.05, 0) is 12.0 Å². The lowest BCUT2D eigenvalue weighted by Gasteiger charge is -2.20. The minimum Gasteiger partial charge on any atom is -0.334 e. The molecule has 0 saturated carbocycles. The van der Waals surface area contributed by atoms with E-state index in [0.29, 0.717) is 12.8 Å². The lowest BCUT2D eigenvalue weighted by Crippen LogP contribution is -2.38. The molecule has 0 radical (unpaired) electrons. The summed E-state index contributed by atoms with van der Waals surface area (Å²) in [6.07, 6.45) is 1.84. The van der Waals surface area contributed by atoms with Gasteiger partial charge in [-0.3, -0.25) is 9.59 Å². The molecular weight excluding hydrogens is 216 g/mol. The number of rotatable bonds is 2. The van der Waals surface area contributed by atoms with Gasteiger partial charge in [0.1, 0.15) is 12.2 Å². The lowest BCUT2D eigenvalue weighted by molar-refractivity contribution is -0.133. The third-order valence-corrected chi connectivity index (χ3v) is 3.47. The summed E-state index contributed by atoms with van der Waals surface area (Å²) in [6, 6.07) is 9.50. The van der Waals surface area contributed by atoms with Crippen molar-refractivity contribution in [2.45, 2.75) is 31.5 Å². The van der Waals surface area contributed by atoms with Gasteiger partial charge < -0.3 is 10.2 Å². The minimum atomic E-state index is -0.322. The predicted molar refractivity (Wildman–Crippen MR) is 61.9 cm³/mol. The Bertz CT molecular complexity index is 458. The van der Waals surface area contributed by atoms with Crippen molar-refractivity contribution in [2.75, 3.05) is 0 Å². The Morgan fingerprint density at radius 3 is 2.76 bits per heavy atom. The van der Waals surface area contributed by atoms with E-state index in [1.807, 2.05) is 30.3 Å². The standard InChI is InChI=1S/C13H14N2O2/c16-12-7-6-11-14-13(17)10(15(11)12)8-9-4-2-1-3-5-9/h1-5,10-11H,6-8H2,(H,14,17)/t10-,11-/m1/s1. The molecule has 2 amide bonds. The average Bonchev–Trinajstić information content (AvgIpc) is 2.83. The highest BCUT2D eigenvalue weighted by atomic mass is 16.2. The highest BCUT2D eigenvalue weighted by Gasteiger charge is 2.45. The molecule has 0 aromatic heterocycles. The highest BCUT2D eigenvalue weighted by molar-refractivity contribution is 5.93. The smallest absolute Gasteiger partial charge is 0.244 e. The summed E-state index contributed by atoms with van der Waals surface area (Å²) >= 11 is 0. The molecule has 17 heavy (non-hydrogen) atoms. The van der Waals surface area contributed by atoms with Crippen LogP contribution in [0.4, 0.5) is 0 Å². The van der Waals surface area contributed by atoms with Gasteiger partial charge in [-0.2, -0.15) is 0 Å². The van der Waals surface area contributed by atoms with Crippen molar-refractivity contribution in [3.8, 4) is 0 Å². The highest BCUT2D eigenvalue weighted by Crippen LogP contribution is 2.26. The maximum Gasteiger partial charge on any atom is 0.244 e. The maximum atomic E-state index is 11.8. The number of hydrogen-bond acceptors (Lipinski definition) is 2. The van der Waals surface area contributed by atoms with Gasteiger partial charge in [0.15, 0.2) is 0 Å². The van der Waals surface area contributed by atoms with Crippen molar-refractivity contribution in [1.29, 1.82) is 0 Å². The lowest BCUT2D eigenvalue weighted by atomic mass is 10.1. The Kier molecular flexibility index (Phi) is 2.35. The molecule has 0 bridgehead atoms. The van der Waals surface area contributed by atoms with Crippen LogP contribution in [0, 0.1) is 0 Å². The SMILES string of the molecule is O=C1N[C@H]2CCC(=O)N2[C@@H]1Cc1ccccc1. The zero-order valence-electron chi connectivity index (χ0n) is 9.43. The van der Waals surface area contributed by atoms with Crippen LogP contribution in [0.1, 0.15) is 18.4 Å². The summed E-state index contributed by atoms with van der Waals surface area (Å²) in [4.78, 5) is 25.3. The van der Waals surface area contributed by atoms with Gasteiger partial charge in [0.05, 0.1) is 0 Å². The van der Waals surface area contributed by atoms with Gasteiger partial charge in [0, 0.05) is 12.8 Å². The van der Waals surface area contributed by atoms with E-state index in [4.69, 9.17) is 0 Å². The summed E-state index contributed by atoms with van der Waals surface area (Å²) in [7, 11) is 0. The van der Waals surface area contributed by atoms with Gasteiger partial charge in [0.2, 0.25) is 11.8 Å². The van der Waals surface area contributed by atoms with Crippen LogP contribution in [-0.2, 0) is 16.0 Å². The van der Waals surface area contributed by atoms with Crippen molar-refractivity contribution in [1.82, 2.24) is 10.2 Å². The fraction of sp³-hybridized carbons (Fsp3) is 0.385. The summed E-state index contributed by atoms with van der Waals surface area (Å²) in [5.74, 6) is 0.0705. The van der Waals surface area contributed by atoms with E-state index < -0.39 is 0 Å². The summed E-state index contributed by atoms with van der Waals surface area (Å²) in [5, 5.41) is 2.88. The molecule has 88 valence electrons. The fourth-order valence-corrected chi connectivity index (χ4v) is 2.65. The second-order valence-corrected chi connectivity index (χ2v) is 4.57. The second kappa shape index (κ2) is 3.87. The number of benzene rings is 1. The Balaban J connectivity index is 1.82. The number of fused-ring (bicyclic) bond motifs is 1. The topological polar surface area (TPSA) is 49.4 Å². The minimum absolute atomic E-state index is 0.0214. The number of nitrogens with zero attached hydrogens (tertiary/aromatic N) is 1. The van der Waals surface area contributed by atoms with Gasteiger partial charge in [-0.1, -0.05) is 30.3 Å². The molecule has 0 unspecified atom stereocenters. The number of carbonyl (C=O) groups is 2. The van der Waals surface area contributed by atoms with Crippen molar-refractivity contribution in [3.05, 3.63) is 35.9 Å². The first kappa shape index (κ1) is 10.3. The molecule has 2 saturated heterocycles. The summed E-state index contributed by atoms with van der Waals surface area (Å²) in [5.41, 5.74) is 1.09. The van der Waals surface area contributed by atoms with Crippen LogP contribution < -0.4 is 5.32 Å². The molecule has 1 aromatic carbocycles. The van der Waals surface area contributed by atoms with Crippen LogP contribution in [0.25, 0.3) is 0 Å². The molecule has 2 aliphatic rings. The molecule has 2 fully saturated rings. The Morgan fingerprint density at radius 1 is 1.24 bits per heavy atom. The molecule has 1 aromatic rings. The third-order valence-electron chi connectivity index (χ3n) is 3.47. The van der Waals surface area contributed by atoms with Crippen LogP contribution >= 0.6 is 0 Å². The molecule has 4 nitrogen and oxygen atoms in total. The van der Waals surface area contributed by atoms with Gasteiger partial charge in [0.25, 0.3) is 0 Å². The molecule has 2 atom stereocenters. The molecule has 0 aliphatic carbocycles. The Morgan fingerprint density at radius 2 is 2.00 bits per heavy atom. The third kappa shape index (κ3) is 1.69. The fourth-order valence-electron chi connectivity index (χ4n) is 2.65. The predicted octanol–water partition coefficient (Wildman–Crippen LogP) is 0.676. The number of carbonyl (C=O) groups excluding carboxylic acids is 2. The van der Waals surface area contributed by atoms with E-state index in [9.17, 15) is 9.59 Å². The van der Waals surface area contributed by atoms with Crippen molar-refractivity contribution in [3.63, 3.8) is 0 Å². The van der Waals surface area contributed by atoms with E-state index in [1.165, 1.54) is 0 Å². The Labute approximate surface area is 99.6 Å².